The van der Waals surface area contributed by atoms with Gasteiger partial charge in [-0.25, -0.2) is 4.68 Å². The molecule has 1 saturated heterocycles. The molecule has 5 rings (SSSR count). The Hall–Kier alpha value is -3.41. The summed E-state index contributed by atoms with van der Waals surface area (Å²) in [6.45, 7) is 3.40. The van der Waals surface area contributed by atoms with Crippen LogP contribution in [0.1, 0.15) is 31.7 Å². The van der Waals surface area contributed by atoms with Gasteiger partial charge in [0.15, 0.2) is 0 Å². The third kappa shape index (κ3) is 3.52. The molecular formula is C25H26N4O2. The number of carbonyl (C=O) groups excluding carboxylic acids is 1. The minimum Gasteiger partial charge on any atom is -0.338 e. The predicted molar refractivity (Wildman–Crippen MR) is 122 cm³/mol. The highest BCUT2D eigenvalue weighted by atomic mass is 16.2. The monoisotopic (exact) mass is 414 g/mol. The van der Waals surface area contributed by atoms with Crippen LogP contribution in [0.2, 0.25) is 0 Å². The summed E-state index contributed by atoms with van der Waals surface area (Å²) >= 11 is 0. The first-order valence-electron chi connectivity index (χ1n) is 10.9. The molecule has 2 aromatic carbocycles. The normalized spacial score (nSPS) is 16.8. The van der Waals surface area contributed by atoms with Crippen molar-refractivity contribution in [2.24, 2.45) is 0 Å². The molecule has 6 heteroatoms. The fourth-order valence-corrected chi connectivity index (χ4v) is 4.72. The number of hydrogen-bond donors (Lipinski definition) is 0. The van der Waals surface area contributed by atoms with Crippen molar-refractivity contribution >= 4 is 27.7 Å². The molecular weight excluding hydrogens is 388 g/mol. The average Bonchev–Trinajstić information content (AvgIpc) is 3.11. The number of carbonyl (C=O) groups is 1. The second kappa shape index (κ2) is 8.02. The molecule has 0 unspecified atom stereocenters. The minimum absolute atomic E-state index is 0.0218. The van der Waals surface area contributed by atoms with Crippen LogP contribution in [0, 0.1) is 0 Å². The van der Waals surface area contributed by atoms with E-state index < -0.39 is 0 Å². The molecule has 0 bridgehead atoms. The lowest BCUT2D eigenvalue weighted by Gasteiger charge is -2.33. The maximum Gasteiger partial charge on any atom is 0.291 e. The van der Waals surface area contributed by atoms with Crippen LogP contribution >= 0.6 is 0 Å². The third-order valence-corrected chi connectivity index (χ3v) is 6.37. The van der Waals surface area contributed by atoms with Crippen molar-refractivity contribution in [2.75, 3.05) is 6.54 Å². The van der Waals surface area contributed by atoms with Gasteiger partial charge in [0.2, 0.25) is 5.91 Å². The van der Waals surface area contributed by atoms with E-state index in [-0.39, 0.29) is 24.1 Å². The van der Waals surface area contributed by atoms with E-state index in [9.17, 15) is 9.59 Å². The van der Waals surface area contributed by atoms with Crippen LogP contribution in [0.4, 0.5) is 0 Å². The van der Waals surface area contributed by atoms with E-state index in [0.29, 0.717) is 12.1 Å². The van der Waals surface area contributed by atoms with Gasteiger partial charge in [0, 0.05) is 35.4 Å². The molecule has 6 nitrogen and oxygen atoms in total. The van der Waals surface area contributed by atoms with Gasteiger partial charge in [-0.05, 0) is 37.8 Å². The van der Waals surface area contributed by atoms with Gasteiger partial charge in [-0.1, -0.05) is 48.5 Å². The van der Waals surface area contributed by atoms with Crippen LogP contribution in [0.5, 0.6) is 0 Å². The van der Waals surface area contributed by atoms with Crippen LogP contribution in [0.15, 0.2) is 65.6 Å². The number of rotatable bonds is 4. The molecule has 2 aromatic heterocycles. The smallest absolute Gasteiger partial charge is 0.291 e. The Morgan fingerprint density at radius 2 is 1.81 bits per heavy atom. The molecule has 1 aliphatic heterocycles. The number of benzene rings is 2. The maximum atomic E-state index is 13.5. The Labute approximate surface area is 180 Å². The highest BCUT2D eigenvalue weighted by Gasteiger charge is 2.24. The van der Waals surface area contributed by atoms with Crippen LogP contribution in [0.25, 0.3) is 21.8 Å². The van der Waals surface area contributed by atoms with E-state index in [0.717, 1.165) is 47.7 Å². The fourth-order valence-electron chi connectivity index (χ4n) is 4.72. The van der Waals surface area contributed by atoms with Crippen LogP contribution in [-0.4, -0.2) is 37.7 Å². The van der Waals surface area contributed by atoms with Gasteiger partial charge in [0.25, 0.3) is 5.56 Å². The minimum atomic E-state index is -0.220. The molecule has 3 heterocycles. The number of likely N-dealkylation sites (tertiary alicyclic amines) is 1. The molecule has 0 spiro atoms. The van der Waals surface area contributed by atoms with Gasteiger partial charge in [-0.2, -0.15) is 5.10 Å². The highest BCUT2D eigenvalue weighted by molar-refractivity contribution is 6.07. The van der Waals surface area contributed by atoms with Gasteiger partial charge in [0.05, 0.1) is 6.20 Å². The fraction of sp³-hybridized carbons (Fsp3) is 0.320. The largest absolute Gasteiger partial charge is 0.338 e. The SMILES string of the molecule is C[C@H]1CCCCN1C(=O)Cn1ncc2c3ccccc3n(Cc3ccccc3)c2c1=O. The summed E-state index contributed by atoms with van der Waals surface area (Å²) in [7, 11) is 0. The molecule has 0 radical (unpaired) electrons. The number of aromatic nitrogens is 3. The van der Waals surface area contributed by atoms with Gasteiger partial charge in [-0.15, -0.1) is 0 Å². The summed E-state index contributed by atoms with van der Waals surface area (Å²) in [4.78, 5) is 28.3. The lowest BCUT2D eigenvalue weighted by molar-refractivity contribution is -0.135. The summed E-state index contributed by atoms with van der Waals surface area (Å²) in [5.74, 6) is -0.0353. The molecule has 1 atom stereocenters. The van der Waals surface area contributed by atoms with Gasteiger partial charge < -0.3 is 9.47 Å². The number of hydrogen-bond acceptors (Lipinski definition) is 3. The topological polar surface area (TPSA) is 60.1 Å². The lowest BCUT2D eigenvalue weighted by atomic mass is 10.0. The van der Waals surface area contributed by atoms with E-state index in [2.05, 4.69) is 28.7 Å². The Morgan fingerprint density at radius 3 is 2.61 bits per heavy atom. The first-order valence-corrected chi connectivity index (χ1v) is 10.9. The second-order valence-electron chi connectivity index (χ2n) is 8.39. The zero-order valence-electron chi connectivity index (χ0n) is 17.7. The number of fused-ring (bicyclic) bond motifs is 3. The maximum absolute atomic E-state index is 13.5. The quantitative estimate of drug-likeness (QED) is 0.510. The van der Waals surface area contributed by atoms with E-state index >= 15 is 0 Å². The van der Waals surface area contributed by atoms with Crippen LogP contribution < -0.4 is 5.56 Å². The van der Waals surface area contributed by atoms with Crippen molar-refractivity contribution in [3.05, 3.63) is 76.7 Å². The Bertz CT molecular complexity index is 1310. The van der Waals surface area contributed by atoms with Crippen LogP contribution in [0.3, 0.4) is 0 Å². The molecule has 0 aliphatic carbocycles. The molecule has 4 aromatic rings. The van der Waals surface area contributed by atoms with Crippen molar-refractivity contribution in [3.8, 4) is 0 Å². The molecule has 1 fully saturated rings. The number of para-hydroxylation sites is 1. The third-order valence-electron chi connectivity index (χ3n) is 6.37. The zero-order valence-corrected chi connectivity index (χ0v) is 17.7. The van der Waals surface area contributed by atoms with Crippen LogP contribution in [-0.2, 0) is 17.9 Å². The van der Waals surface area contributed by atoms with Crippen molar-refractivity contribution in [2.45, 2.75) is 45.3 Å². The Morgan fingerprint density at radius 1 is 1.03 bits per heavy atom. The van der Waals surface area contributed by atoms with Gasteiger partial charge in [0.1, 0.15) is 12.1 Å². The first-order chi connectivity index (χ1) is 15.1. The summed E-state index contributed by atoms with van der Waals surface area (Å²) in [6, 6.07) is 18.3. The Balaban J connectivity index is 1.60. The van der Waals surface area contributed by atoms with Gasteiger partial charge >= 0.3 is 0 Å². The first kappa shape index (κ1) is 19.5. The molecule has 1 amide bonds. The molecule has 158 valence electrons. The van der Waals surface area contributed by atoms with Crippen molar-refractivity contribution in [1.29, 1.82) is 0 Å². The lowest BCUT2D eigenvalue weighted by Crippen LogP contribution is -2.45. The summed E-state index contributed by atoms with van der Waals surface area (Å²) in [5.41, 5.74) is 2.49. The second-order valence-corrected chi connectivity index (χ2v) is 8.39. The summed E-state index contributed by atoms with van der Waals surface area (Å²) in [5, 5.41) is 6.21. The number of piperidine rings is 1. The molecule has 0 N–H and O–H groups in total. The van der Waals surface area contributed by atoms with E-state index in [1.807, 2.05) is 47.4 Å². The zero-order chi connectivity index (χ0) is 21.4. The Kier molecular flexibility index (Phi) is 5.06. The molecule has 31 heavy (non-hydrogen) atoms. The molecule has 0 saturated carbocycles. The summed E-state index contributed by atoms with van der Waals surface area (Å²) < 4.78 is 3.38. The van der Waals surface area contributed by atoms with Crippen molar-refractivity contribution in [3.63, 3.8) is 0 Å². The van der Waals surface area contributed by atoms with E-state index in [1.165, 1.54) is 4.68 Å². The van der Waals surface area contributed by atoms with Crippen molar-refractivity contribution in [1.82, 2.24) is 19.2 Å². The van der Waals surface area contributed by atoms with Crippen molar-refractivity contribution < 1.29 is 4.79 Å². The average molecular weight is 415 g/mol. The molecule has 1 aliphatic rings. The number of nitrogens with zero attached hydrogens (tertiary/aromatic N) is 4. The highest BCUT2D eigenvalue weighted by Crippen LogP contribution is 2.27. The van der Waals surface area contributed by atoms with Gasteiger partial charge in [-0.3, -0.25) is 9.59 Å². The standard InChI is InChI=1S/C25H26N4O2/c1-18-9-7-8-14-27(18)23(30)17-29-25(31)24-21(15-26-29)20-12-5-6-13-22(20)28(24)16-19-10-3-2-4-11-19/h2-6,10-13,15,18H,7-9,14,16-17H2,1H3/t18-/m0/s1. The number of amides is 1. The predicted octanol–water partition coefficient (Wildman–Crippen LogP) is 3.80. The van der Waals surface area contributed by atoms with E-state index in [4.69, 9.17) is 0 Å². The van der Waals surface area contributed by atoms with E-state index in [1.54, 1.807) is 6.20 Å². The summed E-state index contributed by atoms with van der Waals surface area (Å²) in [6.07, 6.45) is 4.91.